The van der Waals surface area contributed by atoms with Gasteiger partial charge in [0.05, 0.1) is 14.6 Å². The molecule has 1 heterocycles. The first kappa shape index (κ1) is 8.59. The highest BCUT2D eigenvalue weighted by Crippen LogP contribution is 2.38. The van der Waals surface area contributed by atoms with Gasteiger partial charge >= 0.3 is 0 Å². The molecule has 12 heavy (non-hydrogen) atoms. The van der Waals surface area contributed by atoms with Gasteiger partial charge in [0, 0.05) is 5.56 Å². The van der Waals surface area contributed by atoms with Crippen LogP contribution in [0.4, 0.5) is 0 Å². The van der Waals surface area contributed by atoms with Crippen molar-refractivity contribution in [1.29, 1.82) is 0 Å². The van der Waals surface area contributed by atoms with Crippen molar-refractivity contribution < 1.29 is 4.74 Å². The first-order chi connectivity index (χ1) is 5.70. The van der Waals surface area contributed by atoms with Crippen molar-refractivity contribution in [2.45, 2.75) is 6.04 Å². The molecule has 2 rings (SSSR count). The van der Waals surface area contributed by atoms with Crippen molar-refractivity contribution in [3.05, 3.63) is 26.3 Å². The number of hydrogen-bond donors (Lipinski definition) is 1. The van der Waals surface area contributed by atoms with E-state index in [-0.39, 0.29) is 6.04 Å². The fourth-order valence-corrected chi connectivity index (χ4v) is 2.04. The van der Waals surface area contributed by atoms with Crippen molar-refractivity contribution >= 4 is 34.2 Å². The molecule has 0 spiro atoms. The molecule has 1 aliphatic rings. The van der Waals surface area contributed by atoms with E-state index >= 15 is 0 Å². The summed E-state index contributed by atoms with van der Waals surface area (Å²) < 4.78 is 6.36. The third-order valence-electron chi connectivity index (χ3n) is 1.89. The van der Waals surface area contributed by atoms with Crippen LogP contribution in [0.25, 0.3) is 0 Å². The van der Waals surface area contributed by atoms with Gasteiger partial charge in [-0.3, -0.25) is 0 Å². The molecule has 0 radical (unpaired) electrons. The number of fused-ring (bicyclic) bond motifs is 1. The Morgan fingerprint density at radius 3 is 3.08 bits per heavy atom. The summed E-state index contributed by atoms with van der Waals surface area (Å²) >= 11 is 8.08. The SMILES string of the molecule is NC1COc2c1ccc(Cl)c2I. The fourth-order valence-electron chi connectivity index (χ4n) is 1.25. The first-order valence-corrected chi connectivity index (χ1v) is 5.02. The third kappa shape index (κ3) is 1.20. The molecule has 0 fully saturated rings. The molecule has 0 saturated heterocycles. The number of halogens is 2. The van der Waals surface area contributed by atoms with E-state index in [0.29, 0.717) is 6.61 Å². The highest BCUT2D eigenvalue weighted by Gasteiger charge is 2.23. The Bertz CT molecular complexity index is 329. The maximum absolute atomic E-state index is 5.91. The Morgan fingerprint density at radius 1 is 1.58 bits per heavy atom. The van der Waals surface area contributed by atoms with Crippen molar-refractivity contribution in [2.24, 2.45) is 5.73 Å². The topological polar surface area (TPSA) is 35.2 Å². The highest BCUT2D eigenvalue weighted by atomic mass is 127. The summed E-state index contributed by atoms with van der Waals surface area (Å²) in [5.41, 5.74) is 6.85. The number of benzene rings is 1. The smallest absolute Gasteiger partial charge is 0.139 e. The molecular weight excluding hydrogens is 288 g/mol. The van der Waals surface area contributed by atoms with E-state index in [1.807, 2.05) is 12.1 Å². The Morgan fingerprint density at radius 2 is 2.33 bits per heavy atom. The van der Waals surface area contributed by atoms with Gasteiger partial charge in [-0.1, -0.05) is 17.7 Å². The van der Waals surface area contributed by atoms with Crippen molar-refractivity contribution in [2.75, 3.05) is 6.61 Å². The van der Waals surface area contributed by atoms with Crippen LogP contribution < -0.4 is 10.5 Å². The van der Waals surface area contributed by atoms with Gasteiger partial charge in [0.2, 0.25) is 0 Å². The summed E-state index contributed by atoms with van der Waals surface area (Å²) in [6.45, 7) is 0.561. The Kier molecular flexibility index (Phi) is 2.18. The molecule has 0 bridgehead atoms. The zero-order chi connectivity index (χ0) is 8.72. The van der Waals surface area contributed by atoms with Crippen LogP contribution in [0, 0.1) is 3.57 Å². The maximum atomic E-state index is 5.91. The Hall–Kier alpha value is -0.000000000000000111. The van der Waals surface area contributed by atoms with Gasteiger partial charge in [0.1, 0.15) is 12.4 Å². The monoisotopic (exact) mass is 295 g/mol. The summed E-state index contributed by atoms with van der Waals surface area (Å²) in [4.78, 5) is 0. The number of ether oxygens (including phenoxy) is 1. The van der Waals surface area contributed by atoms with Crippen LogP contribution in [0.5, 0.6) is 5.75 Å². The van der Waals surface area contributed by atoms with Crippen LogP contribution in [-0.4, -0.2) is 6.61 Å². The maximum Gasteiger partial charge on any atom is 0.139 e. The predicted octanol–water partition coefficient (Wildman–Crippen LogP) is 2.34. The molecule has 1 aromatic rings. The van der Waals surface area contributed by atoms with Crippen molar-refractivity contribution in [3.8, 4) is 5.75 Å². The molecule has 0 amide bonds. The van der Waals surface area contributed by atoms with E-state index < -0.39 is 0 Å². The van der Waals surface area contributed by atoms with Crippen LogP contribution in [0.1, 0.15) is 11.6 Å². The van der Waals surface area contributed by atoms with Crippen LogP contribution >= 0.6 is 34.2 Å². The minimum atomic E-state index is 0.00535. The van der Waals surface area contributed by atoms with E-state index in [1.165, 1.54) is 0 Å². The van der Waals surface area contributed by atoms with Crippen molar-refractivity contribution in [1.82, 2.24) is 0 Å². The van der Waals surface area contributed by atoms with Crippen LogP contribution in [0.3, 0.4) is 0 Å². The zero-order valence-corrected chi connectivity index (χ0v) is 9.09. The largest absolute Gasteiger partial charge is 0.490 e. The molecule has 0 aromatic heterocycles. The number of rotatable bonds is 0. The van der Waals surface area contributed by atoms with Crippen LogP contribution in [0.2, 0.25) is 5.02 Å². The van der Waals surface area contributed by atoms with Gasteiger partial charge in [-0.2, -0.15) is 0 Å². The molecule has 1 aliphatic heterocycles. The molecule has 0 saturated carbocycles. The molecule has 4 heteroatoms. The third-order valence-corrected chi connectivity index (χ3v) is 3.59. The van der Waals surface area contributed by atoms with E-state index in [9.17, 15) is 0 Å². The number of nitrogens with two attached hydrogens (primary N) is 1. The van der Waals surface area contributed by atoms with Crippen LogP contribution in [0.15, 0.2) is 12.1 Å². The van der Waals surface area contributed by atoms with Crippen molar-refractivity contribution in [3.63, 3.8) is 0 Å². The second kappa shape index (κ2) is 3.05. The lowest BCUT2D eigenvalue weighted by molar-refractivity contribution is 0.331. The lowest BCUT2D eigenvalue weighted by atomic mass is 10.1. The summed E-state index contributed by atoms with van der Waals surface area (Å²) in [5.74, 6) is 0.857. The quantitative estimate of drug-likeness (QED) is 0.746. The summed E-state index contributed by atoms with van der Waals surface area (Å²) in [6, 6.07) is 3.79. The molecule has 1 unspecified atom stereocenters. The molecule has 1 aromatic carbocycles. The van der Waals surface area contributed by atoms with Gasteiger partial charge in [-0.05, 0) is 28.7 Å². The Labute approximate surface area is 89.2 Å². The highest BCUT2D eigenvalue weighted by molar-refractivity contribution is 14.1. The van der Waals surface area contributed by atoms with Crippen LogP contribution in [-0.2, 0) is 0 Å². The minimum Gasteiger partial charge on any atom is -0.490 e. The lowest BCUT2D eigenvalue weighted by Gasteiger charge is -2.03. The molecule has 2 nitrogen and oxygen atoms in total. The van der Waals surface area contributed by atoms with Gasteiger partial charge in [0.15, 0.2) is 0 Å². The first-order valence-electron chi connectivity index (χ1n) is 3.56. The van der Waals surface area contributed by atoms with E-state index in [1.54, 1.807) is 0 Å². The molecule has 2 N–H and O–H groups in total. The van der Waals surface area contributed by atoms with Gasteiger partial charge < -0.3 is 10.5 Å². The molecule has 1 atom stereocenters. The molecule has 0 aliphatic carbocycles. The summed E-state index contributed by atoms with van der Waals surface area (Å²) in [7, 11) is 0. The normalized spacial score (nSPS) is 20.4. The second-order valence-electron chi connectivity index (χ2n) is 2.70. The van der Waals surface area contributed by atoms with Gasteiger partial charge in [-0.15, -0.1) is 0 Å². The second-order valence-corrected chi connectivity index (χ2v) is 4.18. The van der Waals surface area contributed by atoms with E-state index in [4.69, 9.17) is 22.1 Å². The predicted molar refractivity (Wildman–Crippen MR) is 56.6 cm³/mol. The average molecular weight is 296 g/mol. The van der Waals surface area contributed by atoms with E-state index in [0.717, 1.165) is 19.9 Å². The Balaban J connectivity index is 2.60. The molecular formula is C8H7ClINO. The standard InChI is InChI=1S/C8H7ClINO/c9-5-2-1-4-6(11)3-12-8(4)7(5)10/h1-2,6H,3,11H2. The van der Waals surface area contributed by atoms with E-state index in [2.05, 4.69) is 22.6 Å². The average Bonchev–Trinajstić information content (AvgIpc) is 2.41. The molecule has 64 valence electrons. The minimum absolute atomic E-state index is 0.00535. The lowest BCUT2D eigenvalue weighted by Crippen LogP contribution is -2.10. The summed E-state index contributed by atoms with van der Waals surface area (Å²) in [6.07, 6.45) is 0. The fraction of sp³-hybridized carbons (Fsp3) is 0.250. The zero-order valence-electron chi connectivity index (χ0n) is 6.18. The van der Waals surface area contributed by atoms with Gasteiger partial charge in [-0.25, -0.2) is 0 Å². The van der Waals surface area contributed by atoms with Gasteiger partial charge in [0.25, 0.3) is 0 Å². The number of hydrogen-bond acceptors (Lipinski definition) is 2. The summed E-state index contributed by atoms with van der Waals surface area (Å²) in [5, 5.41) is 0.725.